The number of nitrogens with one attached hydrogen (secondary N) is 1. The highest BCUT2D eigenvalue weighted by molar-refractivity contribution is 5.49. The van der Waals surface area contributed by atoms with E-state index in [9.17, 15) is 8.78 Å². The Labute approximate surface area is 81.1 Å². The number of halogens is 2. The number of hydrogen-bond donors (Lipinski definition) is 2. The van der Waals surface area contributed by atoms with E-state index >= 15 is 0 Å². The average Bonchev–Trinajstić information content (AvgIpc) is 2.94. The van der Waals surface area contributed by atoms with Crippen LogP contribution in [0.15, 0.2) is 12.1 Å². The number of benzene rings is 1. The molecule has 1 aromatic carbocycles. The third-order valence-corrected chi connectivity index (χ3v) is 2.26. The second-order valence-corrected chi connectivity index (χ2v) is 3.56. The standard InChI is InChI=1S/C10H12F2N2/c11-8-3-6(5-13)4-9(12)10(8)14-7-1-2-7/h3-4,7,14H,1-2,5,13H2. The molecule has 0 atom stereocenters. The van der Waals surface area contributed by atoms with Crippen molar-refractivity contribution in [3.8, 4) is 0 Å². The summed E-state index contributed by atoms with van der Waals surface area (Å²) in [6.07, 6.45) is 1.97. The topological polar surface area (TPSA) is 38.0 Å². The van der Waals surface area contributed by atoms with E-state index in [-0.39, 0.29) is 18.3 Å². The first-order valence-corrected chi connectivity index (χ1v) is 4.65. The van der Waals surface area contributed by atoms with Gasteiger partial charge in [0.05, 0.1) is 0 Å². The van der Waals surface area contributed by atoms with E-state index in [0.717, 1.165) is 12.8 Å². The molecule has 2 nitrogen and oxygen atoms in total. The molecule has 1 saturated carbocycles. The quantitative estimate of drug-likeness (QED) is 0.779. The first-order valence-electron chi connectivity index (χ1n) is 4.65. The molecule has 0 unspecified atom stereocenters. The molecule has 1 fully saturated rings. The van der Waals surface area contributed by atoms with Gasteiger partial charge in [0.15, 0.2) is 0 Å². The lowest BCUT2D eigenvalue weighted by Crippen LogP contribution is -2.07. The molecule has 0 aromatic heterocycles. The Balaban J connectivity index is 2.28. The number of hydrogen-bond acceptors (Lipinski definition) is 2. The van der Waals surface area contributed by atoms with Crippen LogP contribution in [-0.2, 0) is 6.54 Å². The molecule has 0 aliphatic heterocycles. The van der Waals surface area contributed by atoms with E-state index in [4.69, 9.17) is 5.73 Å². The molecule has 0 amide bonds. The van der Waals surface area contributed by atoms with Crippen molar-refractivity contribution in [1.29, 1.82) is 0 Å². The van der Waals surface area contributed by atoms with E-state index in [0.29, 0.717) is 5.56 Å². The molecule has 1 aliphatic rings. The Kier molecular flexibility index (Phi) is 2.37. The zero-order chi connectivity index (χ0) is 10.1. The molecular weight excluding hydrogens is 186 g/mol. The number of anilines is 1. The van der Waals surface area contributed by atoms with E-state index in [2.05, 4.69) is 5.32 Å². The second-order valence-electron chi connectivity index (χ2n) is 3.56. The van der Waals surface area contributed by atoms with E-state index < -0.39 is 11.6 Å². The van der Waals surface area contributed by atoms with Crippen LogP contribution in [0.4, 0.5) is 14.5 Å². The van der Waals surface area contributed by atoms with Gasteiger partial charge in [0, 0.05) is 12.6 Å². The van der Waals surface area contributed by atoms with Crippen molar-refractivity contribution in [1.82, 2.24) is 0 Å². The third-order valence-electron chi connectivity index (χ3n) is 2.26. The normalized spacial score (nSPS) is 15.6. The molecule has 0 bridgehead atoms. The summed E-state index contributed by atoms with van der Waals surface area (Å²) in [7, 11) is 0. The van der Waals surface area contributed by atoms with Gasteiger partial charge in [0.25, 0.3) is 0 Å². The summed E-state index contributed by atoms with van der Waals surface area (Å²) in [6.45, 7) is 0.150. The SMILES string of the molecule is NCc1cc(F)c(NC2CC2)c(F)c1. The molecular formula is C10H12F2N2. The highest BCUT2D eigenvalue weighted by atomic mass is 19.1. The molecule has 0 heterocycles. The zero-order valence-electron chi connectivity index (χ0n) is 7.69. The fourth-order valence-corrected chi connectivity index (χ4v) is 1.31. The van der Waals surface area contributed by atoms with Crippen molar-refractivity contribution in [2.75, 3.05) is 5.32 Å². The van der Waals surface area contributed by atoms with Gasteiger partial charge < -0.3 is 11.1 Å². The molecule has 1 aromatic rings. The molecule has 4 heteroatoms. The van der Waals surface area contributed by atoms with Gasteiger partial charge in [-0.25, -0.2) is 8.78 Å². The van der Waals surface area contributed by atoms with Crippen LogP contribution in [0.25, 0.3) is 0 Å². The summed E-state index contributed by atoms with van der Waals surface area (Å²) in [4.78, 5) is 0. The van der Waals surface area contributed by atoms with Crippen LogP contribution in [0.5, 0.6) is 0 Å². The maximum absolute atomic E-state index is 13.3. The minimum absolute atomic E-state index is 0.0234. The highest BCUT2D eigenvalue weighted by Crippen LogP contribution is 2.28. The van der Waals surface area contributed by atoms with Crippen molar-refractivity contribution in [3.63, 3.8) is 0 Å². The maximum Gasteiger partial charge on any atom is 0.149 e. The van der Waals surface area contributed by atoms with Crippen LogP contribution < -0.4 is 11.1 Å². The van der Waals surface area contributed by atoms with Gasteiger partial charge in [-0.05, 0) is 30.5 Å². The Bertz CT molecular complexity index is 325. The molecule has 76 valence electrons. The molecule has 0 saturated heterocycles. The summed E-state index contributed by atoms with van der Waals surface area (Å²) in [5.41, 5.74) is 5.75. The lowest BCUT2D eigenvalue weighted by molar-refractivity contribution is 0.584. The molecule has 14 heavy (non-hydrogen) atoms. The number of rotatable bonds is 3. The summed E-state index contributed by atoms with van der Waals surface area (Å²) in [6, 6.07) is 2.78. The van der Waals surface area contributed by atoms with Crippen molar-refractivity contribution in [3.05, 3.63) is 29.3 Å². The van der Waals surface area contributed by atoms with Crippen LogP contribution in [0.2, 0.25) is 0 Å². The monoisotopic (exact) mass is 198 g/mol. The van der Waals surface area contributed by atoms with Crippen LogP contribution in [-0.4, -0.2) is 6.04 Å². The molecule has 0 spiro atoms. The summed E-state index contributed by atoms with van der Waals surface area (Å²) < 4.78 is 26.7. The zero-order valence-corrected chi connectivity index (χ0v) is 7.69. The van der Waals surface area contributed by atoms with Crippen molar-refractivity contribution in [2.24, 2.45) is 5.73 Å². The van der Waals surface area contributed by atoms with Crippen LogP contribution >= 0.6 is 0 Å². The fraction of sp³-hybridized carbons (Fsp3) is 0.400. The largest absolute Gasteiger partial charge is 0.378 e. The average molecular weight is 198 g/mol. The van der Waals surface area contributed by atoms with Crippen LogP contribution in [0.3, 0.4) is 0 Å². The van der Waals surface area contributed by atoms with Gasteiger partial charge >= 0.3 is 0 Å². The van der Waals surface area contributed by atoms with Gasteiger partial charge in [-0.3, -0.25) is 0 Å². The van der Waals surface area contributed by atoms with Crippen LogP contribution in [0, 0.1) is 11.6 Å². The summed E-state index contributed by atoms with van der Waals surface area (Å²) in [5, 5.41) is 2.81. The lowest BCUT2D eigenvalue weighted by Gasteiger charge is -2.08. The first kappa shape index (κ1) is 9.40. The molecule has 3 N–H and O–H groups in total. The first-order chi connectivity index (χ1) is 6.70. The second kappa shape index (κ2) is 3.53. The van der Waals surface area contributed by atoms with Gasteiger partial charge in [0.1, 0.15) is 17.3 Å². The Hall–Kier alpha value is -1.16. The Morgan fingerprint density at radius 1 is 1.29 bits per heavy atom. The van der Waals surface area contributed by atoms with Crippen molar-refractivity contribution < 1.29 is 8.78 Å². The van der Waals surface area contributed by atoms with Gasteiger partial charge in [-0.15, -0.1) is 0 Å². The molecule has 1 aliphatic carbocycles. The molecule has 2 rings (SSSR count). The summed E-state index contributed by atoms with van der Waals surface area (Å²) in [5.74, 6) is -1.12. The van der Waals surface area contributed by atoms with E-state index in [1.807, 2.05) is 0 Å². The number of nitrogens with two attached hydrogens (primary N) is 1. The van der Waals surface area contributed by atoms with E-state index in [1.165, 1.54) is 12.1 Å². The predicted octanol–water partition coefficient (Wildman–Crippen LogP) is 2.00. The minimum Gasteiger partial charge on any atom is -0.378 e. The molecule has 0 radical (unpaired) electrons. The third kappa shape index (κ3) is 1.85. The Morgan fingerprint density at radius 2 is 1.86 bits per heavy atom. The van der Waals surface area contributed by atoms with Gasteiger partial charge in [0.2, 0.25) is 0 Å². The highest BCUT2D eigenvalue weighted by Gasteiger charge is 2.23. The minimum atomic E-state index is -0.558. The van der Waals surface area contributed by atoms with Crippen molar-refractivity contribution >= 4 is 5.69 Å². The Morgan fingerprint density at radius 3 is 2.29 bits per heavy atom. The maximum atomic E-state index is 13.3. The van der Waals surface area contributed by atoms with Gasteiger partial charge in [-0.2, -0.15) is 0 Å². The predicted molar refractivity (Wildman–Crippen MR) is 50.9 cm³/mol. The van der Waals surface area contributed by atoms with Crippen LogP contribution in [0.1, 0.15) is 18.4 Å². The van der Waals surface area contributed by atoms with Gasteiger partial charge in [-0.1, -0.05) is 0 Å². The lowest BCUT2D eigenvalue weighted by atomic mass is 10.2. The van der Waals surface area contributed by atoms with Crippen molar-refractivity contribution in [2.45, 2.75) is 25.4 Å². The fourth-order valence-electron chi connectivity index (χ4n) is 1.31. The van der Waals surface area contributed by atoms with E-state index in [1.54, 1.807) is 0 Å². The smallest absolute Gasteiger partial charge is 0.149 e. The summed E-state index contributed by atoms with van der Waals surface area (Å²) >= 11 is 0.